The van der Waals surface area contributed by atoms with Gasteiger partial charge in [0, 0.05) is 25.8 Å². The van der Waals surface area contributed by atoms with Crippen LogP contribution in [0.25, 0.3) is 0 Å². The van der Waals surface area contributed by atoms with Crippen molar-refractivity contribution in [1.29, 1.82) is 0 Å². The van der Waals surface area contributed by atoms with E-state index in [9.17, 15) is 4.79 Å². The van der Waals surface area contributed by atoms with Crippen LogP contribution in [0.1, 0.15) is 24.5 Å². The maximum atomic E-state index is 12.4. The van der Waals surface area contributed by atoms with Crippen molar-refractivity contribution in [3.63, 3.8) is 0 Å². The zero-order chi connectivity index (χ0) is 14.5. The Labute approximate surface area is 125 Å². The number of nitrogens with one attached hydrogen (secondary N) is 1. The van der Waals surface area contributed by atoms with E-state index in [-0.39, 0.29) is 18.2 Å². The van der Waals surface area contributed by atoms with Gasteiger partial charge in [-0.3, -0.25) is 0 Å². The molecular formula is C16H22N2O3. The summed E-state index contributed by atoms with van der Waals surface area (Å²) in [6.07, 6.45) is 1.77. The Morgan fingerprint density at radius 2 is 1.90 bits per heavy atom. The minimum Gasteiger partial charge on any atom is -0.381 e. The first kappa shape index (κ1) is 14.4. The van der Waals surface area contributed by atoms with Crippen molar-refractivity contribution in [3.8, 4) is 0 Å². The zero-order valence-electron chi connectivity index (χ0n) is 12.2. The topological polar surface area (TPSA) is 50.8 Å². The van der Waals surface area contributed by atoms with Crippen LogP contribution in [0.2, 0.25) is 0 Å². The lowest BCUT2D eigenvalue weighted by Gasteiger charge is -2.34. The third kappa shape index (κ3) is 3.74. The lowest BCUT2D eigenvalue weighted by Crippen LogP contribution is -2.50. The van der Waals surface area contributed by atoms with Gasteiger partial charge in [-0.2, -0.15) is 0 Å². The fourth-order valence-electron chi connectivity index (χ4n) is 2.81. The summed E-state index contributed by atoms with van der Waals surface area (Å²) in [5.41, 5.74) is 1.13. The maximum absolute atomic E-state index is 12.4. The molecule has 5 heteroatoms. The summed E-state index contributed by atoms with van der Waals surface area (Å²) in [5.74, 6) is 0. The van der Waals surface area contributed by atoms with Crippen LogP contribution in [-0.2, 0) is 9.47 Å². The number of hydrogen-bond acceptors (Lipinski definition) is 3. The number of amides is 2. The first-order valence-electron chi connectivity index (χ1n) is 7.62. The molecule has 2 amide bonds. The molecule has 2 saturated heterocycles. The molecule has 0 bridgehead atoms. The normalized spacial score (nSPS) is 23.8. The number of urea groups is 1. The van der Waals surface area contributed by atoms with Gasteiger partial charge in [-0.05, 0) is 18.4 Å². The molecule has 0 spiro atoms. The van der Waals surface area contributed by atoms with Crippen molar-refractivity contribution >= 4 is 6.03 Å². The lowest BCUT2D eigenvalue weighted by molar-refractivity contribution is -0.0165. The first-order valence-corrected chi connectivity index (χ1v) is 7.62. The van der Waals surface area contributed by atoms with Gasteiger partial charge in [0.25, 0.3) is 0 Å². The van der Waals surface area contributed by atoms with E-state index in [0.29, 0.717) is 19.7 Å². The van der Waals surface area contributed by atoms with Crippen LogP contribution in [0.3, 0.4) is 0 Å². The van der Waals surface area contributed by atoms with Crippen LogP contribution >= 0.6 is 0 Å². The van der Waals surface area contributed by atoms with Crippen molar-refractivity contribution in [2.24, 2.45) is 0 Å². The molecule has 1 unspecified atom stereocenters. The fraction of sp³-hybridized carbons (Fsp3) is 0.562. The Morgan fingerprint density at radius 3 is 2.67 bits per heavy atom. The summed E-state index contributed by atoms with van der Waals surface area (Å²) in [5, 5.41) is 3.11. The van der Waals surface area contributed by atoms with Gasteiger partial charge >= 0.3 is 6.03 Å². The largest absolute Gasteiger partial charge is 0.381 e. The monoisotopic (exact) mass is 290 g/mol. The second-order valence-corrected chi connectivity index (χ2v) is 5.55. The second-order valence-electron chi connectivity index (χ2n) is 5.55. The van der Waals surface area contributed by atoms with E-state index in [0.717, 1.165) is 31.6 Å². The smallest absolute Gasteiger partial charge is 0.317 e. The van der Waals surface area contributed by atoms with Crippen LogP contribution in [0, 0.1) is 0 Å². The number of benzene rings is 1. The molecule has 0 radical (unpaired) electrons. The third-order valence-electron chi connectivity index (χ3n) is 4.07. The molecule has 0 aromatic heterocycles. The Hall–Kier alpha value is -1.59. The lowest BCUT2D eigenvalue weighted by atomic mass is 10.1. The molecule has 5 nitrogen and oxygen atoms in total. The van der Waals surface area contributed by atoms with Crippen molar-refractivity contribution in [2.45, 2.75) is 25.0 Å². The van der Waals surface area contributed by atoms with Gasteiger partial charge in [-0.1, -0.05) is 30.3 Å². The standard InChI is InChI=1S/C16H22N2O3/c19-16(17-14-6-9-20-10-7-14)18-8-11-21-15(12-18)13-4-2-1-3-5-13/h1-5,14-15H,6-12H2,(H,17,19). The molecule has 1 atom stereocenters. The SMILES string of the molecule is O=C(NC1CCOCC1)N1CCOC(c2ccccc2)C1. The predicted molar refractivity (Wildman–Crippen MR) is 79.1 cm³/mol. The van der Waals surface area contributed by atoms with E-state index < -0.39 is 0 Å². The predicted octanol–water partition coefficient (Wildman–Crippen LogP) is 1.95. The van der Waals surface area contributed by atoms with E-state index in [2.05, 4.69) is 5.32 Å². The van der Waals surface area contributed by atoms with Gasteiger partial charge in [0.1, 0.15) is 6.10 Å². The first-order chi connectivity index (χ1) is 10.3. The molecule has 2 aliphatic heterocycles. The van der Waals surface area contributed by atoms with Crippen LogP contribution in [0.4, 0.5) is 4.79 Å². The molecule has 1 N–H and O–H groups in total. The summed E-state index contributed by atoms with van der Waals surface area (Å²) in [6.45, 7) is 3.32. The van der Waals surface area contributed by atoms with E-state index in [1.807, 2.05) is 35.2 Å². The molecule has 21 heavy (non-hydrogen) atoms. The number of carbonyl (C=O) groups excluding carboxylic acids is 1. The van der Waals surface area contributed by atoms with E-state index in [1.165, 1.54) is 0 Å². The quantitative estimate of drug-likeness (QED) is 0.905. The highest BCUT2D eigenvalue weighted by atomic mass is 16.5. The maximum Gasteiger partial charge on any atom is 0.317 e. The number of rotatable bonds is 2. The van der Waals surface area contributed by atoms with Gasteiger partial charge in [0.2, 0.25) is 0 Å². The molecule has 0 aliphatic carbocycles. The Morgan fingerprint density at radius 1 is 1.14 bits per heavy atom. The molecule has 1 aromatic rings. The molecule has 2 heterocycles. The number of hydrogen-bond donors (Lipinski definition) is 1. The fourth-order valence-corrected chi connectivity index (χ4v) is 2.81. The van der Waals surface area contributed by atoms with Crippen LogP contribution in [-0.4, -0.2) is 49.9 Å². The average Bonchev–Trinajstić information content (AvgIpc) is 2.57. The molecule has 2 aliphatic rings. The Bertz CT molecular complexity index is 460. The molecule has 1 aromatic carbocycles. The van der Waals surface area contributed by atoms with Gasteiger partial charge < -0.3 is 19.7 Å². The summed E-state index contributed by atoms with van der Waals surface area (Å²) >= 11 is 0. The van der Waals surface area contributed by atoms with Crippen molar-refractivity contribution in [1.82, 2.24) is 10.2 Å². The highest BCUT2D eigenvalue weighted by molar-refractivity contribution is 5.74. The minimum absolute atomic E-state index is 0.0196. The van der Waals surface area contributed by atoms with Gasteiger partial charge in [-0.25, -0.2) is 4.79 Å². The van der Waals surface area contributed by atoms with Crippen LogP contribution in [0.15, 0.2) is 30.3 Å². The van der Waals surface area contributed by atoms with Crippen molar-refractivity contribution in [2.75, 3.05) is 32.9 Å². The minimum atomic E-state index is -0.0274. The molecule has 3 rings (SSSR count). The highest BCUT2D eigenvalue weighted by Gasteiger charge is 2.27. The van der Waals surface area contributed by atoms with E-state index in [1.54, 1.807) is 0 Å². The summed E-state index contributed by atoms with van der Waals surface area (Å²) in [6, 6.07) is 10.3. The zero-order valence-corrected chi connectivity index (χ0v) is 12.2. The molecule has 2 fully saturated rings. The summed E-state index contributed by atoms with van der Waals surface area (Å²) < 4.78 is 11.1. The number of nitrogens with zero attached hydrogens (tertiary/aromatic N) is 1. The third-order valence-corrected chi connectivity index (χ3v) is 4.07. The number of carbonyl (C=O) groups is 1. The second kappa shape index (κ2) is 6.91. The van der Waals surface area contributed by atoms with E-state index >= 15 is 0 Å². The molecule has 0 saturated carbocycles. The average molecular weight is 290 g/mol. The summed E-state index contributed by atoms with van der Waals surface area (Å²) in [7, 11) is 0. The Balaban J connectivity index is 1.56. The number of morpholine rings is 1. The van der Waals surface area contributed by atoms with Gasteiger partial charge in [0.15, 0.2) is 0 Å². The Kier molecular flexibility index (Phi) is 4.72. The van der Waals surface area contributed by atoms with E-state index in [4.69, 9.17) is 9.47 Å². The number of ether oxygens (including phenoxy) is 2. The highest BCUT2D eigenvalue weighted by Crippen LogP contribution is 2.22. The van der Waals surface area contributed by atoms with Crippen molar-refractivity contribution < 1.29 is 14.3 Å². The van der Waals surface area contributed by atoms with Gasteiger partial charge in [0.05, 0.1) is 13.2 Å². The molecule has 114 valence electrons. The summed E-state index contributed by atoms with van der Waals surface area (Å²) in [4.78, 5) is 14.2. The van der Waals surface area contributed by atoms with Crippen molar-refractivity contribution in [3.05, 3.63) is 35.9 Å². The van der Waals surface area contributed by atoms with Crippen LogP contribution in [0.5, 0.6) is 0 Å². The molecular weight excluding hydrogens is 268 g/mol. The van der Waals surface area contributed by atoms with Crippen LogP contribution < -0.4 is 5.32 Å². The van der Waals surface area contributed by atoms with Gasteiger partial charge in [-0.15, -0.1) is 0 Å².